The SMILES string of the molecule is [CH](CC[CH][N+]12CCC(CC1)CC2)[N+]12CCC(CC1)CC2. The predicted molar refractivity (Wildman–Crippen MR) is 82.2 cm³/mol. The summed E-state index contributed by atoms with van der Waals surface area (Å²) in [6, 6.07) is 0. The van der Waals surface area contributed by atoms with Crippen molar-refractivity contribution in [2.75, 3.05) is 39.3 Å². The molecule has 0 aromatic carbocycles. The summed E-state index contributed by atoms with van der Waals surface area (Å²) in [5.41, 5.74) is 0. The van der Waals surface area contributed by atoms with Gasteiger partial charge in [0.2, 0.25) is 0 Å². The van der Waals surface area contributed by atoms with Crippen molar-refractivity contribution >= 4 is 0 Å². The lowest BCUT2D eigenvalue weighted by atomic mass is 9.85. The Bertz CT molecular complexity index is 274. The van der Waals surface area contributed by atoms with E-state index >= 15 is 0 Å². The first-order chi connectivity index (χ1) is 9.78. The van der Waals surface area contributed by atoms with Gasteiger partial charge in [0.15, 0.2) is 0 Å². The minimum absolute atomic E-state index is 1.09. The fourth-order valence-electron chi connectivity index (χ4n) is 5.42. The van der Waals surface area contributed by atoms with Crippen LogP contribution in [0.25, 0.3) is 0 Å². The van der Waals surface area contributed by atoms with Gasteiger partial charge in [0.05, 0.1) is 39.3 Å². The number of nitrogens with zero attached hydrogens (tertiary/aromatic N) is 2. The van der Waals surface area contributed by atoms with E-state index in [4.69, 9.17) is 0 Å². The molecule has 2 heteroatoms. The van der Waals surface area contributed by atoms with Gasteiger partial charge in [-0.2, -0.15) is 0 Å². The minimum Gasteiger partial charge on any atom is -0.316 e. The molecule has 2 nitrogen and oxygen atoms in total. The fourth-order valence-corrected chi connectivity index (χ4v) is 5.42. The predicted octanol–water partition coefficient (Wildman–Crippen LogP) is 3.35. The average molecular weight is 276 g/mol. The molecule has 0 aromatic rings. The summed E-state index contributed by atoms with van der Waals surface area (Å²) < 4.78 is 2.73. The summed E-state index contributed by atoms with van der Waals surface area (Å²) in [5.74, 6) is 2.17. The van der Waals surface area contributed by atoms with Crippen LogP contribution in [-0.4, -0.2) is 48.2 Å². The van der Waals surface area contributed by atoms with E-state index in [1.54, 1.807) is 0 Å². The Labute approximate surface area is 125 Å². The second-order valence-electron chi connectivity index (χ2n) is 8.19. The molecule has 2 radical (unpaired) electrons. The third-order valence-corrected chi connectivity index (χ3v) is 7.10. The zero-order valence-corrected chi connectivity index (χ0v) is 13.1. The molecule has 0 spiro atoms. The van der Waals surface area contributed by atoms with Gasteiger partial charge in [0.25, 0.3) is 0 Å². The molecule has 0 N–H and O–H groups in total. The molecule has 0 aliphatic carbocycles. The number of piperidine rings is 6. The van der Waals surface area contributed by atoms with E-state index in [-0.39, 0.29) is 0 Å². The number of fused-ring (bicyclic) bond motifs is 6. The summed E-state index contributed by atoms with van der Waals surface area (Å²) in [6.07, 6.45) is 11.7. The summed E-state index contributed by atoms with van der Waals surface area (Å²) in [5, 5.41) is 0. The van der Waals surface area contributed by atoms with Gasteiger partial charge in [0, 0.05) is 12.8 Å². The molecule has 20 heavy (non-hydrogen) atoms. The largest absolute Gasteiger partial charge is 0.316 e. The van der Waals surface area contributed by atoms with Crippen LogP contribution >= 0.6 is 0 Å². The number of rotatable bonds is 5. The fraction of sp³-hybridized carbons (Fsp3) is 0.889. The van der Waals surface area contributed by atoms with E-state index in [1.807, 2.05) is 0 Å². The van der Waals surface area contributed by atoms with Crippen LogP contribution < -0.4 is 0 Å². The summed E-state index contributed by atoms with van der Waals surface area (Å²) in [6.45, 7) is 14.1. The van der Waals surface area contributed by atoms with E-state index in [1.165, 1.54) is 99.6 Å². The van der Waals surface area contributed by atoms with Gasteiger partial charge in [-0.25, -0.2) is 0 Å². The topological polar surface area (TPSA) is 0 Å². The Morgan fingerprint density at radius 2 is 0.850 bits per heavy atom. The van der Waals surface area contributed by atoms with Crippen molar-refractivity contribution < 1.29 is 8.97 Å². The summed E-state index contributed by atoms with van der Waals surface area (Å²) in [4.78, 5) is 0. The second-order valence-corrected chi connectivity index (χ2v) is 8.19. The van der Waals surface area contributed by atoms with Gasteiger partial charge in [0.1, 0.15) is 13.1 Å². The molecule has 6 aliphatic rings. The molecular weight excluding hydrogens is 244 g/mol. The Morgan fingerprint density at radius 3 is 1.15 bits per heavy atom. The van der Waals surface area contributed by atoms with Crippen LogP contribution in [0.3, 0.4) is 0 Å². The molecule has 6 aliphatic heterocycles. The van der Waals surface area contributed by atoms with Crippen LogP contribution in [0.4, 0.5) is 0 Å². The van der Waals surface area contributed by atoms with Gasteiger partial charge in [-0.1, -0.05) is 0 Å². The standard InChI is InChI=1S/C18H32N2/c1(9-19-11-3-17(4-12-19)5-13-19)2-10-20-14-6-18(7-15-20)8-16-20/h9-10,17-18H,1-8,11-16H2/q+2. The maximum Gasteiger partial charge on any atom is 0.142 e. The second kappa shape index (κ2) is 5.28. The van der Waals surface area contributed by atoms with Crippen LogP contribution in [0.1, 0.15) is 51.4 Å². The quantitative estimate of drug-likeness (QED) is 0.533. The van der Waals surface area contributed by atoms with Gasteiger partial charge in [-0.15, -0.1) is 0 Å². The molecule has 112 valence electrons. The molecule has 6 fully saturated rings. The van der Waals surface area contributed by atoms with Gasteiger partial charge in [-0.05, 0) is 50.4 Å². The monoisotopic (exact) mass is 276 g/mol. The highest BCUT2D eigenvalue weighted by Crippen LogP contribution is 2.37. The van der Waals surface area contributed by atoms with Crippen molar-refractivity contribution in [1.29, 1.82) is 0 Å². The molecule has 6 heterocycles. The van der Waals surface area contributed by atoms with Gasteiger partial charge in [-0.3, -0.25) is 0 Å². The molecule has 0 aromatic heterocycles. The highest BCUT2D eigenvalue weighted by molar-refractivity contribution is 4.77. The Balaban J connectivity index is 1.23. The van der Waals surface area contributed by atoms with Crippen molar-refractivity contribution in [2.45, 2.75) is 51.4 Å². The highest BCUT2D eigenvalue weighted by atomic mass is 15.4. The first-order valence-corrected chi connectivity index (χ1v) is 9.18. The van der Waals surface area contributed by atoms with Crippen LogP contribution in [0.5, 0.6) is 0 Å². The number of unbranched alkanes of at least 4 members (excludes halogenated alkanes) is 1. The van der Waals surface area contributed by atoms with Gasteiger partial charge >= 0.3 is 0 Å². The number of hydrogen-bond donors (Lipinski definition) is 0. The molecule has 0 unspecified atom stereocenters. The molecule has 0 saturated carbocycles. The molecule has 0 atom stereocenters. The number of quaternary nitrogens is 2. The van der Waals surface area contributed by atoms with E-state index < -0.39 is 0 Å². The Kier molecular flexibility index (Phi) is 3.58. The van der Waals surface area contributed by atoms with Gasteiger partial charge < -0.3 is 8.97 Å². The van der Waals surface area contributed by atoms with Crippen LogP contribution in [0.2, 0.25) is 0 Å². The lowest BCUT2D eigenvalue weighted by Gasteiger charge is -2.49. The first kappa shape index (κ1) is 13.6. The summed E-state index contributed by atoms with van der Waals surface area (Å²) in [7, 11) is 0. The average Bonchev–Trinajstić information content (AvgIpc) is 2.55. The van der Waals surface area contributed by atoms with Crippen LogP contribution in [0, 0.1) is 24.9 Å². The molecule has 6 rings (SSSR count). The van der Waals surface area contributed by atoms with Crippen molar-refractivity contribution in [3.8, 4) is 0 Å². The van der Waals surface area contributed by atoms with Crippen molar-refractivity contribution in [1.82, 2.24) is 0 Å². The lowest BCUT2D eigenvalue weighted by molar-refractivity contribution is -0.920. The van der Waals surface area contributed by atoms with E-state index in [9.17, 15) is 0 Å². The first-order valence-electron chi connectivity index (χ1n) is 9.18. The third kappa shape index (κ3) is 2.54. The smallest absolute Gasteiger partial charge is 0.142 e. The van der Waals surface area contributed by atoms with E-state index in [0.29, 0.717) is 0 Å². The zero-order chi connectivity index (χ0) is 13.5. The lowest BCUT2D eigenvalue weighted by Crippen LogP contribution is -2.57. The summed E-state index contributed by atoms with van der Waals surface area (Å²) >= 11 is 0. The molecule has 0 amide bonds. The normalized spacial score (nSPS) is 46.8. The molecular formula is C18H32N2+2. The highest BCUT2D eigenvalue weighted by Gasteiger charge is 2.41. The van der Waals surface area contributed by atoms with Crippen molar-refractivity contribution in [2.24, 2.45) is 11.8 Å². The number of hydrogen-bond acceptors (Lipinski definition) is 0. The zero-order valence-electron chi connectivity index (χ0n) is 13.1. The minimum atomic E-state index is 1.09. The van der Waals surface area contributed by atoms with Crippen molar-refractivity contribution in [3.63, 3.8) is 0 Å². The van der Waals surface area contributed by atoms with E-state index in [0.717, 1.165) is 11.8 Å². The van der Waals surface area contributed by atoms with Crippen molar-refractivity contribution in [3.05, 3.63) is 13.1 Å². The Hall–Kier alpha value is -0.0800. The van der Waals surface area contributed by atoms with E-state index in [2.05, 4.69) is 13.1 Å². The maximum absolute atomic E-state index is 2.70. The van der Waals surface area contributed by atoms with Crippen LogP contribution in [0.15, 0.2) is 0 Å². The Morgan fingerprint density at radius 1 is 0.550 bits per heavy atom. The maximum atomic E-state index is 2.70. The molecule has 6 saturated heterocycles. The third-order valence-electron chi connectivity index (χ3n) is 7.10. The van der Waals surface area contributed by atoms with Crippen LogP contribution in [-0.2, 0) is 0 Å². The molecule has 4 bridgehead atoms.